The standard InChI is InChI=1S/C24H28N4O2/c1-26(2)22(29)17-27-12-14-28(15-13-27)23(18-8-4-3-5-9-18)24(30)20-16-25-21-11-7-6-10-19(20)21/h3-11,16,23,25H,12-15,17H2,1-2H3. The highest BCUT2D eigenvalue weighted by molar-refractivity contribution is 6.10. The van der Waals surface area contributed by atoms with E-state index in [-0.39, 0.29) is 17.7 Å². The van der Waals surface area contributed by atoms with E-state index in [2.05, 4.69) is 14.8 Å². The SMILES string of the molecule is CN(C)C(=O)CN1CCN(C(C(=O)c2c[nH]c3ccccc23)c2ccccc2)CC1. The van der Waals surface area contributed by atoms with Crippen molar-refractivity contribution in [2.24, 2.45) is 0 Å². The highest BCUT2D eigenvalue weighted by atomic mass is 16.2. The number of fused-ring (bicyclic) bond motifs is 1. The van der Waals surface area contributed by atoms with Gasteiger partial charge < -0.3 is 9.88 Å². The van der Waals surface area contributed by atoms with Gasteiger partial charge in [0, 0.05) is 62.9 Å². The van der Waals surface area contributed by atoms with Gasteiger partial charge in [0.1, 0.15) is 0 Å². The molecule has 1 aromatic heterocycles. The Labute approximate surface area is 177 Å². The van der Waals surface area contributed by atoms with Crippen LogP contribution in [0, 0.1) is 0 Å². The lowest BCUT2D eigenvalue weighted by Gasteiger charge is -2.38. The summed E-state index contributed by atoms with van der Waals surface area (Å²) in [5, 5.41) is 0.957. The van der Waals surface area contributed by atoms with E-state index in [1.165, 1.54) is 0 Å². The van der Waals surface area contributed by atoms with Crippen molar-refractivity contribution in [3.63, 3.8) is 0 Å². The van der Waals surface area contributed by atoms with Crippen LogP contribution in [-0.2, 0) is 4.79 Å². The van der Waals surface area contributed by atoms with Crippen molar-refractivity contribution < 1.29 is 9.59 Å². The Balaban J connectivity index is 1.58. The molecule has 2 heterocycles. The minimum Gasteiger partial charge on any atom is -0.360 e. The quantitative estimate of drug-likeness (QED) is 0.642. The number of Topliss-reactive ketones (excluding diaryl/α,β-unsaturated/α-hetero) is 1. The van der Waals surface area contributed by atoms with Gasteiger partial charge in [-0.15, -0.1) is 0 Å². The maximum atomic E-state index is 13.7. The second-order valence-electron chi connectivity index (χ2n) is 8.03. The summed E-state index contributed by atoms with van der Waals surface area (Å²) in [4.78, 5) is 35.0. The van der Waals surface area contributed by atoms with Gasteiger partial charge in [0.05, 0.1) is 12.6 Å². The molecule has 1 amide bonds. The van der Waals surface area contributed by atoms with Crippen molar-refractivity contribution in [1.82, 2.24) is 19.7 Å². The first-order chi connectivity index (χ1) is 14.5. The zero-order valence-electron chi connectivity index (χ0n) is 17.5. The van der Waals surface area contributed by atoms with Crippen LogP contribution < -0.4 is 0 Å². The predicted molar refractivity (Wildman–Crippen MR) is 119 cm³/mol. The van der Waals surface area contributed by atoms with E-state index in [4.69, 9.17) is 0 Å². The number of benzene rings is 2. The van der Waals surface area contributed by atoms with E-state index < -0.39 is 0 Å². The maximum absolute atomic E-state index is 13.7. The number of aromatic nitrogens is 1. The van der Waals surface area contributed by atoms with Gasteiger partial charge >= 0.3 is 0 Å². The Bertz CT molecular complexity index is 1020. The summed E-state index contributed by atoms with van der Waals surface area (Å²) in [5.41, 5.74) is 2.70. The Kier molecular flexibility index (Phi) is 5.97. The highest BCUT2D eigenvalue weighted by Gasteiger charge is 2.32. The first kappa shape index (κ1) is 20.3. The first-order valence-corrected chi connectivity index (χ1v) is 10.4. The van der Waals surface area contributed by atoms with Crippen molar-refractivity contribution >= 4 is 22.6 Å². The number of hydrogen-bond acceptors (Lipinski definition) is 4. The summed E-state index contributed by atoms with van der Waals surface area (Å²) in [6, 6.07) is 17.6. The molecule has 1 N–H and O–H groups in total. The number of rotatable bonds is 6. The molecule has 0 saturated carbocycles. The zero-order valence-corrected chi connectivity index (χ0v) is 17.5. The van der Waals surface area contributed by atoms with Crippen molar-refractivity contribution in [3.05, 3.63) is 71.9 Å². The number of aromatic amines is 1. The Hall–Kier alpha value is -2.96. The molecule has 0 radical (unpaired) electrons. The molecule has 156 valence electrons. The van der Waals surface area contributed by atoms with Crippen LogP contribution in [0.3, 0.4) is 0 Å². The van der Waals surface area contributed by atoms with Gasteiger partial charge in [0.25, 0.3) is 0 Å². The molecule has 1 fully saturated rings. The molecule has 3 aromatic rings. The van der Waals surface area contributed by atoms with E-state index in [1.807, 2.05) is 60.8 Å². The summed E-state index contributed by atoms with van der Waals surface area (Å²) in [7, 11) is 3.56. The van der Waals surface area contributed by atoms with Crippen molar-refractivity contribution in [2.75, 3.05) is 46.8 Å². The third-order valence-electron chi connectivity index (χ3n) is 5.85. The van der Waals surface area contributed by atoms with Crippen LogP contribution in [0.25, 0.3) is 10.9 Å². The lowest BCUT2D eigenvalue weighted by molar-refractivity contribution is -0.130. The molecule has 0 bridgehead atoms. The number of amides is 1. The molecule has 30 heavy (non-hydrogen) atoms. The fourth-order valence-corrected chi connectivity index (χ4v) is 4.10. The van der Waals surface area contributed by atoms with Gasteiger partial charge in [-0.25, -0.2) is 0 Å². The van der Waals surface area contributed by atoms with Gasteiger partial charge in [0.2, 0.25) is 5.91 Å². The molecule has 4 rings (SSSR count). The number of nitrogens with one attached hydrogen (secondary N) is 1. The smallest absolute Gasteiger partial charge is 0.236 e. The van der Waals surface area contributed by atoms with E-state index >= 15 is 0 Å². The van der Waals surface area contributed by atoms with E-state index in [0.717, 1.165) is 48.2 Å². The van der Waals surface area contributed by atoms with Gasteiger partial charge in [-0.2, -0.15) is 0 Å². The summed E-state index contributed by atoms with van der Waals surface area (Å²) < 4.78 is 0. The minimum absolute atomic E-state index is 0.108. The van der Waals surface area contributed by atoms with E-state index in [0.29, 0.717) is 6.54 Å². The van der Waals surface area contributed by atoms with Crippen LogP contribution in [0.15, 0.2) is 60.8 Å². The number of likely N-dealkylation sites (N-methyl/N-ethyl adjacent to an activating group) is 1. The zero-order chi connectivity index (χ0) is 21.1. The fraction of sp³-hybridized carbons (Fsp3) is 0.333. The first-order valence-electron chi connectivity index (χ1n) is 10.4. The average molecular weight is 405 g/mol. The summed E-state index contributed by atoms with van der Waals surface area (Å²) in [6.45, 7) is 3.45. The van der Waals surface area contributed by atoms with Crippen molar-refractivity contribution in [2.45, 2.75) is 6.04 Å². The fourth-order valence-electron chi connectivity index (χ4n) is 4.10. The lowest BCUT2D eigenvalue weighted by atomic mass is 9.95. The molecule has 1 aliphatic heterocycles. The molecule has 0 spiro atoms. The molecule has 1 unspecified atom stereocenters. The number of para-hydroxylation sites is 1. The Morgan fingerprint density at radius 2 is 1.63 bits per heavy atom. The Morgan fingerprint density at radius 1 is 0.967 bits per heavy atom. The van der Waals surface area contributed by atoms with Crippen molar-refractivity contribution in [1.29, 1.82) is 0 Å². The van der Waals surface area contributed by atoms with Gasteiger partial charge in [-0.05, 0) is 11.6 Å². The number of piperazine rings is 1. The molecular formula is C24H28N4O2. The van der Waals surface area contributed by atoms with E-state index in [1.54, 1.807) is 19.0 Å². The number of ketones is 1. The van der Waals surface area contributed by atoms with Crippen molar-refractivity contribution in [3.8, 4) is 0 Å². The normalized spacial score (nSPS) is 16.5. The largest absolute Gasteiger partial charge is 0.360 e. The van der Waals surface area contributed by atoms with Crippen LogP contribution in [0.2, 0.25) is 0 Å². The minimum atomic E-state index is -0.336. The van der Waals surface area contributed by atoms with Gasteiger partial charge in [-0.1, -0.05) is 48.5 Å². The van der Waals surface area contributed by atoms with Gasteiger partial charge in [0.15, 0.2) is 5.78 Å². The number of carbonyl (C=O) groups excluding carboxylic acids is 2. The number of nitrogens with zero attached hydrogens (tertiary/aromatic N) is 3. The van der Waals surface area contributed by atoms with Crippen LogP contribution >= 0.6 is 0 Å². The molecular weight excluding hydrogens is 376 g/mol. The number of hydrogen-bond donors (Lipinski definition) is 1. The molecule has 2 aromatic carbocycles. The summed E-state index contributed by atoms with van der Waals surface area (Å²) in [5.74, 6) is 0.217. The third kappa shape index (κ3) is 4.15. The Morgan fingerprint density at radius 3 is 2.33 bits per heavy atom. The topological polar surface area (TPSA) is 59.7 Å². The molecule has 1 aliphatic rings. The number of H-pyrrole nitrogens is 1. The summed E-state index contributed by atoms with van der Waals surface area (Å²) in [6.07, 6.45) is 1.83. The monoisotopic (exact) mass is 404 g/mol. The summed E-state index contributed by atoms with van der Waals surface area (Å²) >= 11 is 0. The maximum Gasteiger partial charge on any atom is 0.236 e. The van der Waals surface area contributed by atoms with Gasteiger partial charge in [-0.3, -0.25) is 19.4 Å². The second kappa shape index (κ2) is 8.81. The predicted octanol–water partition coefficient (Wildman–Crippen LogP) is 2.80. The lowest BCUT2D eigenvalue weighted by Crippen LogP contribution is -2.51. The molecule has 1 saturated heterocycles. The van der Waals surface area contributed by atoms with Crippen LogP contribution in [0.5, 0.6) is 0 Å². The highest BCUT2D eigenvalue weighted by Crippen LogP contribution is 2.29. The molecule has 6 nitrogen and oxygen atoms in total. The molecule has 1 atom stereocenters. The third-order valence-corrected chi connectivity index (χ3v) is 5.85. The average Bonchev–Trinajstić information content (AvgIpc) is 3.20. The molecule has 6 heteroatoms. The van der Waals surface area contributed by atoms with E-state index in [9.17, 15) is 9.59 Å². The number of carbonyl (C=O) groups is 2. The second-order valence-corrected chi connectivity index (χ2v) is 8.03. The van der Waals surface area contributed by atoms with Crippen LogP contribution in [0.1, 0.15) is 22.0 Å². The van der Waals surface area contributed by atoms with Crippen LogP contribution in [0.4, 0.5) is 0 Å². The van der Waals surface area contributed by atoms with Crippen LogP contribution in [-0.4, -0.2) is 78.2 Å². The molecule has 0 aliphatic carbocycles.